The van der Waals surface area contributed by atoms with Gasteiger partial charge in [-0.25, -0.2) is 9.59 Å². The molecular weight excluding hydrogens is 310 g/mol. The maximum atomic E-state index is 12.0. The summed E-state index contributed by atoms with van der Waals surface area (Å²) >= 11 is 0. The van der Waals surface area contributed by atoms with E-state index in [0.717, 1.165) is 16.8 Å². The molecule has 0 aliphatic heterocycles. The average Bonchev–Trinajstić information content (AvgIpc) is 2.56. The summed E-state index contributed by atoms with van der Waals surface area (Å²) in [5.41, 5.74) is -0.103. The Bertz CT molecular complexity index is 930. The first-order valence-electron chi connectivity index (χ1n) is 7.07. The Morgan fingerprint density at radius 3 is 2.50 bits per heavy atom. The van der Waals surface area contributed by atoms with Crippen molar-refractivity contribution in [2.45, 2.75) is 0 Å². The third kappa shape index (κ3) is 3.12. The standard InChI is InChI=1S/C18H13NO5/c20-15-9-8-12(10-14(15)17(21)22)19-18(23)24-16-7-3-5-11-4-1-2-6-13(11)16/h1-10,20H,(H,19,23)(H,21,22). The van der Waals surface area contributed by atoms with Gasteiger partial charge in [-0.05, 0) is 29.7 Å². The summed E-state index contributed by atoms with van der Waals surface area (Å²) in [6.07, 6.45) is -0.756. The molecule has 0 aliphatic rings. The molecule has 0 bridgehead atoms. The first kappa shape index (κ1) is 15.4. The highest BCUT2D eigenvalue weighted by Gasteiger charge is 2.13. The van der Waals surface area contributed by atoms with Crippen molar-refractivity contribution in [3.8, 4) is 11.5 Å². The molecule has 0 atom stereocenters. The molecule has 120 valence electrons. The number of ether oxygens (including phenoxy) is 1. The molecule has 3 aromatic rings. The van der Waals surface area contributed by atoms with E-state index in [0.29, 0.717) is 5.75 Å². The second-order valence-corrected chi connectivity index (χ2v) is 5.03. The third-order valence-corrected chi connectivity index (χ3v) is 3.43. The summed E-state index contributed by atoms with van der Waals surface area (Å²) in [5, 5.41) is 22.6. The molecule has 3 N–H and O–H groups in total. The summed E-state index contributed by atoms with van der Waals surface area (Å²) in [6.45, 7) is 0. The van der Waals surface area contributed by atoms with Crippen LogP contribution in [0.1, 0.15) is 10.4 Å². The summed E-state index contributed by atoms with van der Waals surface area (Å²) in [4.78, 5) is 23.0. The van der Waals surface area contributed by atoms with Gasteiger partial charge in [0, 0.05) is 11.1 Å². The predicted molar refractivity (Wildman–Crippen MR) is 88.7 cm³/mol. The SMILES string of the molecule is O=C(Nc1ccc(O)c(C(=O)O)c1)Oc1cccc2ccccc12. The maximum absolute atomic E-state index is 12.0. The van der Waals surface area contributed by atoms with E-state index in [4.69, 9.17) is 9.84 Å². The van der Waals surface area contributed by atoms with Gasteiger partial charge in [-0.15, -0.1) is 0 Å². The topological polar surface area (TPSA) is 95.9 Å². The van der Waals surface area contributed by atoms with Crippen molar-refractivity contribution in [2.24, 2.45) is 0 Å². The van der Waals surface area contributed by atoms with Gasteiger partial charge in [-0.1, -0.05) is 36.4 Å². The predicted octanol–water partition coefficient (Wildman–Crippen LogP) is 3.85. The zero-order valence-corrected chi connectivity index (χ0v) is 12.4. The molecule has 0 unspecified atom stereocenters. The number of phenols is 1. The van der Waals surface area contributed by atoms with Crippen LogP contribution in [0.2, 0.25) is 0 Å². The van der Waals surface area contributed by atoms with Crippen LogP contribution in [0.25, 0.3) is 10.8 Å². The molecule has 0 aromatic heterocycles. The van der Waals surface area contributed by atoms with E-state index in [9.17, 15) is 14.7 Å². The van der Waals surface area contributed by atoms with E-state index in [2.05, 4.69) is 5.32 Å². The van der Waals surface area contributed by atoms with Crippen molar-refractivity contribution >= 4 is 28.5 Å². The monoisotopic (exact) mass is 323 g/mol. The molecule has 0 aliphatic carbocycles. The lowest BCUT2D eigenvalue weighted by molar-refractivity contribution is 0.0693. The molecule has 6 nitrogen and oxygen atoms in total. The lowest BCUT2D eigenvalue weighted by Gasteiger charge is -2.10. The van der Waals surface area contributed by atoms with Gasteiger partial charge in [0.05, 0.1) is 0 Å². The van der Waals surface area contributed by atoms with Gasteiger partial charge in [0.25, 0.3) is 0 Å². The fraction of sp³-hybridized carbons (Fsp3) is 0. The highest BCUT2D eigenvalue weighted by molar-refractivity contribution is 5.95. The summed E-state index contributed by atoms with van der Waals surface area (Å²) < 4.78 is 5.30. The summed E-state index contributed by atoms with van der Waals surface area (Å²) in [7, 11) is 0. The number of carbonyl (C=O) groups excluding carboxylic acids is 1. The van der Waals surface area contributed by atoms with Crippen LogP contribution in [0.4, 0.5) is 10.5 Å². The van der Waals surface area contributed by atoms with E-state index >= 15 is 0 Å². The third-order valence-electron chi connectivity index (χ3n) is 3.43. The van der Waals surface area contributed by atoms with Crippen LogP contribution < -0.4 is 10.1 Å². The molecule has 0 saturated carbocycles. The van der Waals surface area contributed by atoms with Crippen molar-refractivity contribution < 1.29 is 24.5 Å². The molecule has 0 heterocycles. The molecule has 24 heavy (non-hydrogen) atoms. The minimum atomic E-state index is -1.29. The second kappa shape index (κ2) is 6.29. The summed E-state index contributed by atoms with van der Waals surface area (Å²) in [5.74, 6) is -1.28. The Kier molecular flexibility index (Phi) is 4.03. The van der Waals surface area contributed by atoms with Crippen LogP contribution in [0.3, 0.4) is 0 Å². The van der Waals surface area contributed by atoms with Gasteiger partial charge in [0.15, 0.2) is 0 Å². The number of carboxylic acids is 1. The van der Waals surface area contributed by atoms with Crippen LogP contribution in [0.15, 0.2) is 60.7 Å². The van der Waals surface area contributed by atoms with Crippen LogP contribution >= 0.6 is 0 Å². The molecule has 0 saturated heterocycles. The van der Waals surface area contributed by atoms with Crippen LogP contribution in [0.5, 0.6) is 11.5 Å². The Balaban J connectivity index is 1.81. The number of carbonyl (C=O) groups is 2. The highest BCUT2D eigenvalue weighted by atomic mass is 16.6. The van der Waals surface area contributed by atoms with E-state index in [-0.39, 0.29) is 17.0 Å². The number of hydrogen-bond donors (Lipinski definition) is 3. The van der Waals surface area contributed by atoms with Crippen LogP contribution in [-0.2, 0) is 0 Å². The number of aromatic hydroxyl groups is 1. The van der Waals surface area contributed by atoms with Crippen LogP contribution in [0, 0.1) is 0 Å². The number of nitrogens with one attached hydrogen (secondary N) is 1. The van der Waals surface area contributed by atoms with Crippen LogP contribution in [-0.4, -0.2) is 22.3 Å². The zero-order chi connectivity index (χ0) is 17.1. The van der Waals surface area contributed by atoms with Gasteiger partial charge < -0.3 is 14.9 Å². The lowest BCUT2D eigenvalue weighted by atomic mass is 10.1. The minimum absolute atomic E-state index is 0.204. The number of benzene rings is 3. The van der Waals surface area contributed by atoms with Gasteiger partial charge in [-0.3, -0.25) is 5.32 Å². The van der Waals surface area contributed by atoms with Gasteiger partial charge >= 0.3 is 12.1 Å². The van der Waals surface area contributed by atoms with Gasteiger partial charge in [0.1, 0.15) is 17.1 Å². The van der Waals surface area contributed by atoms with E-state index in [1.54, 1.807) is 12.1 Å². The minimum Gasteiger partial charge on any atom is -0.507 e. The normalized spacial score (nSPS) is 10.3. The van der Waals surface area contributed by atoms with E-state index < -0.39 is 12.1 Å². The Morgan fingerprint density at radius 2 is 1.71 bits per heavy atom. The highest BCUT2D eigenvalue weighted by Crippen LogP contribution is 2.26. The molecule has 0 fully saturated rings. The molecule has 0 spiro atoms. The Hall–Kier alpha value is -3.54. The Morgan fingerprint density at radius 1 is 0.958 bits per heavy atom. The average molecular weight is 323 g/mol. The molecule has 1 amide bonds. The smallest absolute Gasteiger partial charge is 0.417 e. The molecule has 6 heteroatoms. The number of hydrogen-bond acceptors (Lipinski definition) is 4. The molecule has 3 rings (SSSR count). The Labute approximate surface area is 136 Å². The number of fused-ring (bicyclic) bond motifs is 1. The first-order valence-corrected chi connectivity index (χ1v) is 7.07. The van der Waals surface area contributed by atoms with E-state index in [1.807, 2.05) is 30.3 Å². The van der Waals surface area contributed by atoms with Crippen molar-refractivity contribution in [3.63, 3.8) is 0 Å². The van der Waals surface area contributed by atoms with Gasteiger partial charge in [0.2, 0.25) is 0 Å². The quantitative estimate of drug-likeness (QED) is 0.636. The number of rotatable bonds is 3. The summed E-state index contributed by atoms with van der Waals surface area (Å²) in [6, 6.07) is 16.5. The van der Waals surface area contributed by atoms with Crippen molar-refractivity contribution in [1.29, 1.82) is 0 Å². The van der Waals surface area contributed by atoms with E-state index in [1.165, 1.54) is 12.1 Å². The largest absolute Gasteiger partial charge is 0.507 e. The lowest BCUT2D eigenvalue weighted by Crippen LogP contribution is -2.17. The first-order chi connectivity index (χ1) is 11.5. The van der Waals surface area contributed by atoms with Crippen molar-refractivity contribution in [3.05, 3.63) is 66.2 Å². The maximum Gasteiger partial charge on any atom is 0.417 e. The fourth-order valence-corrected chi connectivity index (χ4v) is 2.31. The number of amides is 1. The van der Waals surface area contributed by atoms with Crippen molar-refractivity contribution in [2.75, 3.05) is 5.32 Å². The number of anilines is 1. The molecule has 0 radical (unpaired) electrons. The zero-order valence-electron chi connectivity index (χ0n) is 12.4. The fourth-order valence-electron chi connectivity index (χ4n) is 2.31. The van der Waals surface area contributed by atoms with Gasteiger partial charge in [-0.2, -0.15) is 0 Å². The van der Waals surface area contributed by atoms with Crippen molar-refractivity contribution in [1.82, 2.24) is 0 Å². The molecular formula is C18H13NO5. The second-order valence-electron chi connectivity index (χ2n) is 5.03. The number of carboxylic acid groups (broad SMARTS) is 1. The number of aromatic carboxylic acids is 1. The molecule has 3 aromatic carbocycles.